The Kier molecular flexibility index (Phi) is 8.45. The Hall–Kier alpha value is -3.46. The lowest BCUT2D eigenvalue weighted by atomic mass is 9.88. The van der Waals surface area contributed by atoms with Crippen molar-refractivity contribution in [2.75, 3.05) is 19.0 Å². The molecule has 9 heteroatoms. The van der Waals surface area contributed by atoms with Gasteiger partial charge in [0.25, 0.3) is 5.91 Å². The van der Waals surface area contributed by atoms with Crippen LogP contribution in [0.5, 0.6) is 5.75 Å². The third-order valence-corrected chi connectivity index (χ3v) is 8.10. The van der Waals surface area contributed by atoms with Crippen LogP contribution >= 0.6 is 0 Å². The Bertz CT molecular complexity index is 1210. The molecule has 2 heterocycles. The predicted octanol–water partition coefficient (Wildman–Crippen LogP) is 4.43. The average Bonchev–Trinajstić information content (AvgIpc) is 2.95. The van der Waals surface area contributed by atoms with E-state index in [9.17, 15) is 18.8 Å². The van der Waals surface area contributed by atoms with Gasteiger partial charge in [0.15, 0.2) is 0 Å². The zero-order valence-electron chi connectivity index (χ0n) is 22.3. The summed E-state index contributed by atoms with van der Waals surface area (Å²) in [6.45, 7) is 0.348. The fourth-order valence-corrected chi connectivity index (χ4v) is 5.83. The molecule has 2 aromatic carbocycles. The van der Waals surface area contributed by atoms with Crippen LogP contribution in [0, 0.1) is 11.7 Å². The molecule has 8 nitrogen and oxygen atoms in total. The standard InChI is InChI=1S/C30H36FN3O5/c1-34-25-13-12-22(16-28(35)32-17-20-9-5-6-10-24(20)31)39-27(25)18-38-26-14-11-21(15-23(26)30(34)37)33-29(36)19-7-3-2-4-8-19/h5-6,9-11,14-15,19,22,25,27H,2-4,7-8,12-13,16-18H2,1H3,(H,32,35)(H,33,36)/t22-,25-,27+/m0/s1. The molecule has 2 fully saturated rings. The lowest BCUT2D eigenvalue weighted by Crippen LogP contribution is -2.53. The lowest BCUT2D eigenvalue weighted by Gasteiger charge is -2.42. The smallest absolute Gasteiger partial charge is 0.257 e. The van der Waals surface area contributed by atoms with Crippen molar-refractivity contribution in [3.05, 3.63) is 59.4 Å². The normalized spacial score (nSPS) is 23.5. The highest BCUT2D eigenvalue weighted by Crippen LogP contribution is 2.33. The summed E-state index contributed by atoms with van der Waals surface area (Å²) >= 11 is 0. The number of nitrogens with one attached hydrogen (secondary N) is 2. The lowest BCUT2D eigenvalue weighted by molar-refractivity contribution is -0.134. The molecule has 0 unspecified atom stereocenters. The van der Waals surface area contributed by atoms with E-state index in [-0.39, 0.29) is 61.2 Å². The number of hydrogen-bond acceptors (Lipinski definition) is 5. The largest absolute Gasteiger partial charge is 0.490 e. The van der Waals surface area contributed by atoms with E-state index in [0.717, 1.165) is 25.7 Å². The fourth-order valence-electron chi connectivity index (χ4n) is 5.83. The molecule has 0 bridgehead atoms. The zero-order valence-corrected chi connectivity index (χ0v) is 22.3. The Balaban J connectivity index is 1.20. The summed E-state index contributed by atoms with van der Waals surface area (Å²) in [6.07, 6.45) is 5.83. The van der Waals surface area contributed by atoms with E-state index in [1.807, 2.05) is 0 Å². The van der Waals surface area contributed by atoms with Gasteiger partial charge >= 0.3 is 0 Å². The highest BCUT2D eigenvalue weighted by molar-refractivity contribution is 6.00. The van der Waals surface area contributed by atoms with Crippen molar-refractivity contribution >= 4 is 23.4 Å². The number of nitrogens with zero attached hydrogens (tertiary/aromatic N) is 1. The van der Waals surface area contributed by atoms with E-state index in [1.54, 1.807) is 48.3 Å². The van der Waals surface area contributed by atoms with Crippen LogP contribution in [0.4, 0.5) is 10.1 Å². The van der Waals surface area contributed by atoms with Crippen LogP contribution in [-0.4, -0.2) is 54.5 Å². The second kappa shape index (κ2) is 12.2. The molecular weight excluding hydrogens is 501 g/mol. The van der Waals surface area contributed by atoms with Gasteiger partial charge in [0.2, 0.25) is 11.8 Å². The number of ether oxygens (including phenoxy) is 2. The molecule has 0 spiro atoms. The molecule has 208 valence electrons. The monoisotopic (exact) mass is 537 g/mol. The van der Waals surface area contributed by atoms with Crippen molar-refractivity contribution in [2.24, 2.45) is 5.92 Å². The second-order valence-electron chi connectivity index (χ2n) is 10.8. The number of fused-ring (bicyclic) bond motifs is 2. The number of rotatable bonds is 6. The molecule has 0 aromatic heterocycles. The first-order valence-corrected chi connectivity index (χ1v) is 13.9. The summed E-state index contributed by atoms with van der Waals surface area (Å²) in [5.41, 5.74) is 1.43. The van der Waals surface area contributed by atoms with Crippen molar-refractivity contribution < 1.29 is 28.2 Å². The molecule has 3 atom stereocenters. The number of benzene rings is 2. The molecule has 1 saturated carbocycles. The molecule has 5 rings (SSSR count). The van der Waals surface area contributed by atoms with Crippen LogP contribution < -0.4 is 15.4 Å². The molecule has 39 heavy (non-hydrogen) atoms. The number of amides is 3. The van der Waals surface area contributed by atoms with Crippen LogP contribution in [0.25, 0.3) is 0 Å². The fraction of sp³-hybridized carbons (Fsp3) is 0.500. The van der Waals surface area contributed by atoms with Crippen LogP contribution in [0.15, 0.2) is 42.5 Å². The molecule has 2 aromatic rings. The first-order chi connectivity index (χ1) is 18.9. The Labute approximate surface area is 228 Å². The van der Waals surface area contributed by atoms with Gasteiger partial charge in [-0.2, -0.15) is 0 Å². The summed E-state index contributed by atoms with van der Waals surface area (Å²) in [7, 11) is 1.76. The van der Waals surface area contributed by atoms with E-state index in [1.165, 1.54) is 12.5 Å². The van der Waals surface area contributed by atoms with Gasteiger partial charge in [-0.15, -0.1) is 0 Å². The third kappa shape index (κ3) is 6.41. The van der Waals surface area contributed by atoms with Gasteiger partial charge in [-0.3, -0.25) is 14.4 Å². The van der Waals surface area contributed by atoms with Gasteiger partial charge in [-0.05, 0) is 49.9 Å². The maximum atomic E-state index is 13.8. The highest BCUT2D eigenvalue weighted by atomic mass is 19.1. The minimum atomic E-state index is -0.393. The molecule has 0 radical (unpaired) electrons. The summed E-state index contributed by atoms with van der Waals surface area (Å²) in [4.78, 5) is 40.4. The minimum Gasteiger partial charge on any atom is -0.490 e. The van der Waals surface area contributed by atoms with Crippen LogP contribution in [0.2, 0.25) is 0 Å². The number of anilines is 1. The molecule has 3 aliphatic rings. The van der Waals surface area contributed by atoms with Crippen molar-refractivity contribution in [1.82, 2.24) is 10.2 Å². The SMILES string of the molecule is CN1C(=O)c2cc(NC(=O)C3CCCCC3)ccc2OC[C@H]2O[C@H](CC(=O)NCc3ccccc3F)CC[C@@H]21. The maximum Gasteiger partial charge on any atom is 0.257 e. The summed E-state index contributed by atoms with van der Waals surface area (Å²) < 4.78 is 26.1. The number of hydrogen-bond donors (Lipinski definition) is 2. The highest BCUT2D eigenvalue weighted by Gasteiger charge is 2.39. The zero-order chi connectivity index (χ0) is 27.4. The first-order valence-electron chi connectivity index (χ1n) is 13.9. The van der Waals surface area contributed by atoms with Gasteiger partial charge < -0.3 is 25.0 Å². The van der Waals surface area contributed by atoms with Crippen molar-refractivity contribution in [3.8, 4) is 5.75 Å². The van der Waals surface area contributed by atoms with Gasteiger partial charge in [-0.25, -0.2) is 4.39 Å². The topological polar surface area (TPSA) is 97.0 Å². The molecule has 1 aliphatic carbocycles. The summed E-state index contributed by atoms with van der Waals surface area (Å²) in [5.74, 6) is -0.302. The Morgan fingerprint density at radius 3 is 2.64 bits per heavy atom. The summed E-state index contributed by atoms with van der Waals surface area (Å²) in [5, 5.41) is 5.75. The first kappa shape index (κ1) is 27.1. The van der Waals surface area contributed by atoms with Crippen LogP contribution in [-0.2, 0) is 20.9 Å². The Morgan fingerprint density at radius 2 is 1.85 bits per heavy atom. The van der Waals surface area contributed by atoms with E-state index < -0.39 is 6.10 Å². The van der Waals surface area contributed by atoms with Crippen LogP contribution in [0.3, 0.4) is 0 Å². The number of halogens is 1. The van der Waals surface area contributed by atoms with Crippen molar-refractivity contribution in [2.45, 2.75) is 76.2 Å². The maximum absolute atomic E-state index is 13.8. The van der Waals surface area contributed by atoms with Gasteiger partial charge in [-0.1, -0.05) is 37.5 Å². The summed E-state index contributed by atoms with van der Waals surface area (Å²) in [6, 6.07) is 11.3. The molecule has 2 aliphatic heterocycles. The van der Waals surface area contributed by atoms with E-state index >= 15 is 0 Å². The van der Waals surface area contributed by atoms with E-state index in [4.69, 9.17) is 9.47 Å². The third-order valence-electron chi connectivity index (χ3n) is 8.10. The van der Waals surface area contributed by atoms with E-state index in [0.29, 0.717) is 35.4 Å². The number of carbonyl (C=O) groups excluding carboxylic acids is 3. The van der Waals surface area contributed by atoms with E-state index in [2.05, 4.69) is 10.6 Å². The molecule has 3 amide bonds. The van der Waals surface area contributed by atoms with Crippen LogP contribution in [0.1, 0.15) is 67.3 Å². The second-order valence-corrected chi connectivity index (χ2v) is 10.8. The molecule has 2 N–H and O–H groups in total. The number of carbonyl (C=O) groups is 3. The van der Waals surface area contributed by atoms with Gasteiger partial charge in [0.05, 0.1) is 24.1 Å². The molecular formula is C30H36FN3O5. The number of likely N-dealkylation sites (N-methyl/N-ethyl adjacent to an activating group) is 1. The predicted molar refractivity (Wildman–Crippen MR) is 144 cm³/mol. The van der Waals surface area contributed by atoms with Gasteiger partial charge in [0, 0.05) is 30.8 Å². The quantitative estimate of drug-likeness (QED) is 0.568. The van der Waals surface area contributed by atoms with Crippen molar-refractivity contribution in [1.29, 1.82) is 0 Å². The van der Waals surface area contributed by atoms with Crippen molar-refractivity contribution in [3.63, 3.8) is 0 Å². The molecule has 1 saturated heterocycles. The van der Waals surface area contributed by atoms with Gasteiger partial charge in [0.1, 0.15) is 24.3 Å². The Morgan fingerprint density at radius 1 is 1.05 bits per heavy atom. The average molecular weight is 538 g/mol. The minimum absolute atomic E-state index is 0.00643.